The van der Waals surface area contributed by atoms with E-state index >= 15 is 0 Å². The highest BCUT2D eigenvalue weighted by Gasteiger charge is 2.44. The van der Waals surface area contributed by atoms with Crippen LogP contribution in [-0.4, -0.2) is 45.2 Å². The van der Waals surface area contributed by atoms with Gasteiger partial charge in [0.25, 0.3) is 11.8 Å². The molecule has 0 spiro atoms. The van der Waals surface area contributed by atoms with E-state index in [1.54, 1.807) is 24.3 Å². The molecule has 0 aliphatic carbocycles. The molecule has 2 aromatic rings. The molecule has 142 valence electrons. The summed E-state index contributed by atoms with van der Waals surface area (Å²) in [5, 5.41) is 21.7. The fraction of sp³-hybridized carbons (Fsp3) is 0.278. The Hall–Kier alpha value is -3.17. The van der Waals surface area contributed by atoms with Crippen LogP contribution in [0.15, 0.2) is 41.0 Å². The summed E-state index contributed by atoms with van der Waals surface area (Å²) in [4.78, 5) is 37.9. The van der Waals surface area contributed by atoms with E-state index in [2.05, 4.69) is 5.32 Å². The van der Waals surface area contributed by atoms with Gasteiger partial charge < -0.3 is 25.7 Å². The summed E-state index contributed by atoms with van der Waals surface area (Å²) in [5.74, 6) is -2.08. The molecule has 27 heavy (non-hydrogen) atoms. The second-order valence-corrected chi connectivity index (χ2v) is 6.14. The second kappa shape index (κ2) is 7.60. The van der Waals surface area contributed by atoms with Crippen molar-refractivity contribution in [3.8, 4) is 0 Å². The third-order valence-corrected chi connectivity index (χ3v) is 4.31. The quantitative estimate of drug-likeness (QED) is 0.396. The first-order chi connectivity index (χ1) is 12.9. The van der Waals surface area contributed by atoms with Gasteiger partial charge in [-0.15, -0.1) is 0 Å². The van der Waals surface area contributed by atoms with Gasteiger partial charge in [0, 0.05) is 5.69 Å². The lowest BCUT2D eigenvalue weighted by Gasteiger charge is -2.23. The minimum Gasteiger partial charge on any atom is -0.480 e. The average Bonchev–Trinajstić information content (AvgIpc) is 3.22. The zero-order valence-corrected chi connectivity index (χ0v) is 14.3. The van der Waals surface area contributed by atoms with Crippen LogP contribution >= 0.6 is 0 Å². The Morgan fingerprint density at radius 2 is 1.96 bits per heavy atom. The van der Waals surface area contributed by atoms with Crippen molar-refractivity contribution >= 4 is 23.5 Å². The number of imide groups is 1. The number of hydrogen-bond donors (Lipinski definition) is 4. The third kappa shape index (κ3) is 3.69. The number of carbonyl (C=O) groups excluding carboxylic acids is 2. The minimum atomic E-state index is -1.41. The van der Waals surface area contributed by atoms with E-state index in [1.165, 1.54) is 12.3 Å². The number of aliphatic hydroxyl groups excluding tert-OH is 1. The predicted molar refractivity (Wildman–Crippen MR) is 93.8 cm³/mol. The van der Waals surface area contributed by atoms with E-state index in [1.807, 2.05) is 0 Å². The standard InChI is InChI=1S/C18H19N3O6/c19-14(22)7-6-13(18(25)26)21-16(23)11-4-1-5-12(15(11)17(21)24)20-9-10-3-2-8-27-10/h1-5,8,13-14,20,22H,6-7,9,19H2,(H,25,26). The van der Waals surface area contributed by atoms with E-state index in [9.17, 15) is 24.6 Å². The number of hydrogen-bond acceptors (Lipinski definition) is 7. The molecule has 1 aliphatic rings. The fourth-order valence-electron chi connectivity index (χ4n) is 3.02. The molecule has 0 fully saturated rings. The third-order valence-electron chi connectivity index (χ3n) is 4.31. The first kappa shape index (κ1) is 18.6. The zero-order valence-electron chi connectivity index (χ0n) is 14.3. The first-order valence-corrected chi connectivity index (χ1v) is 8.33. The first-order valence-electron chi connectivity index (χ1n) is 8.33. The van der Waals surface area contributed by atoms with E-state index in [4.69, 9.17) is 10.2 Å². The van der Waals surface area contributed by atoms with Gasteiger partial charge >= 0.3 is 5.97 Å². The maximum Gasteiger partial charge on any atom is 0.326 e. The topological polar surface area (TPSA) is 146 Å². The largest absolute Gasteiger partial charge is 0.480 e. The number of carbonyl (C=O) groups is 3. The fourth-order valence-corrected chi connectivity index (χ4v) is 3.02. The lowest BCUT2D eigenvalue weighted by atomic mass is 10.1. The molecule has 1 aliphatic heterocycles. The predicted octanol–water partition coefficient (Wildman–Crippen LogP) is 0.998. The lowest BCUT2D eigenvalue weighted by molar-refractivity contribution is -0.142. The van der Waals surface area contributed by atoms with Crippen molar-refractivity contribution in [2.45, 2.75) is 31.7 Å². The van der Waals surface area contributed by atoms with Crippen LogP contribution in [0.2, 0.25) is 0 Å². The molecule has 9 nitrogen and oxygen atoms in total. The number of nitrogens with two attached hydrogens (primary N) is 1. The monoisotopic (exact) mass is 373 g/mol. The number of furan rings is 1. The van der Waals surface area contributed by atoms with Gasteiger partial charge in [-0.3, -0.25) is 14.5 Å². The highest BCUT2D eigenvalue weighted by atomic mass is 16.4. The Morgan fingerprint density at radius 3 is 2.59 bits per heavy atom. The number of fused-ring (bicyclic) bond motifs is 1. The molecular weight excluding hydrogens is 354 g/mol. The summed E-state index contributed by atoms with van der Waals surface area (Å²) < 4.78 is 5.23. The number of nitrogens with zero attached hydrogens (tertiary/aromatic N) is 1. The number of carboxylic acid groups (broad SMARTS) is 1. The van der Waals surface area contributed by atoms with Gasteiger partial charge in [-0.25, -0.2) is 4.79 Å². The summed E-state index contributed by atoms with van der Waals surface area (Å²) >= 11 is 0. The molecule has 1 aromatic carbocycles. The van der Waals surface area contributed by atoms with Gasteiger partial charge in [0.2, 0.25) is 0 Å². The Morgan fingerprint density at radius 1 is 1.19 bits per heavy atom. The molecule has 9 heteroatoms. The van der Waals surface area contributed by atoms with Gasteiger partial charge in [-0.05, 0) is 37.1 Å². The molecule has 3 rings (SSSR count). The maximum atomic E-state index is 12.9. The molecular formula is C18H19N3O6. The Balaban J connectivity index is 1.87. The molecule has 0 radical (unpaired) electrons. The van der Waals surface area contributed by atoms with Crippen molar-refractivity contribution in [1.82, 2.24) is 4.90 Å². The summed E-state index contributed by atoms with van der Waals surface area (Å²) in [6.45, 7) is 0.298. The molecule has 2 amide bonds. The van der Waals surface area contributed by atoms with Crippen LogP contribution in [-0.2, 0) is 11.3 Å². The Bertz CT molecular complexity index is 862. The number of carboxylic acids is 1. The molecule has 1 aromatic heterocycles. The Labute approximate surface area is 154 Å². The maximum absolute atomic E-state index is 12.9. The smallest absolute Gasteiger partial charge is 0.326 e. The van der Waals surface area contributed by atoms with E-state index in [0.717, 1.165) is 0 Å². The average molecular weight is 373 g/mol. The van der Waals surface area contributed by atoms with Crippen molar-refractivity contribution in [2.75, 3.05) is 5.32 Å². The van der Waals surface area contributed by atoms with Crippen LogP contribution < -0.4 is 11.1 Å². The summed E-state index contributed by atoms with van der Waals surface area (Å²) in [6, 6.07) is 6.80. The number of aliphatic carboxylic acids is 1. The van der Waals surface area contributed by atoms with Crippen LogP contribution in [0, 0.1) is 0 Å². The van der Waals surface area contributed by atoms with Crippen molar-refractivity contribution in [3.05, 3.63) is 53.5 Å². The SMILES string of the molecule is NC(O)CCC(C(=O)O)N1C(=O)c2cccc(NCc3ccco3)c2C1=O. The normalized spacial score (nSPS) is 15.6. The number of aliphatic hydroxyl groups is 1. The molecule has 2 unspecified atom stereocenters. The highest BCUT2D eigenvalue weighted by Crippen LogP contribution is 2.32. The number of rotatable bonds is 8. The van der Waals surface area contributed by atoms with Crippen molar-refractivity contribution < 1.29 is 29.0 Å². The number of nitrogens with one attached hydrogen (secondary N) is 1. The number of amides is 2. The van der Waals surface area contributed by atoms with Gasteiger partial charge in [-0.2, -0.15) is 0 Å². The van der Waals surface area contributed by atoms with Crippen LogP contribution in [0.4, 0.5) is 5.69 Å². The summed E-state index contributed by atoms with van der Waals surface area (Å²) in [6.07, 6.45) is 0.0841. The summed E-state index contributed by atoms with van der Waals surface area (Å²) in [7, 11) is 0. The van der Waals surface area contributed by atoms with Gasteiger partial charge in [-0.1, -0.05) is 6.07 Å². The minimum absolute atomic E-state index is 0.0615. The van der Waals surface area contributed by atoms with Gasteiger partial charge in [0.15, 0.2) is 0 Å². The highest BCUT2D eigenvalue weighted by molar-refractivity contribution is 6.24. The number of anilines is 1. The number of benzene rings is 1. The van der Waals surface area contributed by atoms with Gasteiger partial charge in [0.1, 0.15) is 18.0 Å². The van der Waals surface area contributed by atoms with E-state index in [0.29, 0.717) is 22.9 Å². The molecule has 2 atom stereocenters. The Kier molecular flexibility index (Phi) is 5.24. The van der Waals surface area contributed by atoms with Crippen LogP contribution in [0.5, 0.6) is 0 Å². The van der Waals surface area contributed by atoms with Gasteiger partial charge in [0.05, 0.1) is 23.9 Å². The van der Waals surface area contributed by atoms with Crippen molar-refractivity contribution in [2.24, 2.45) is 5.73 Å². The molecule has 0 saturated carbocycles. The van der Waals surface area contributed by atoms with Crippen LogP contribution in [0.25, 0.3) is 0 Å². The van der Waals surface area contributed by atoms with E-state index in [-0.39, 0.29) is 24.0 Å². The van der Waals surface area contributed by atoms with Crippen molar-refractivity contribution in [3.63, 3.8) is 0 Å². The molecule has 0 bridgehead atoms. The molecule has 2 heterocycles. The van der Waals surface area contributed by atoms with E-state index < -0.39 is 30.1 Å². The lowest BCUT2D eigenvalue weighted by Crippen LogP contribution is -2.45. The van der Waals surface area contributed by atoms with Crippen molar-refractivity contribution in [1.29, 1.82) is 0 Å². The van der Waals surface area contributed by atoms with Crippen LogP contribution in [0.1, 0.15) is 39.3 Å². The summed E-state index contributed by atoms with van der Waals surface area (Å²) in [5.41, 5.74) is 5.92. The molecule has 0 saturated heterocycles. The zero-order chi connectivity index (χ0) is 19.6. The van der Waals surface area contributed by atoms with Crippen LogP contribution in [0.3, 0.4) is 0 Å². The molecule has 5 N–H and O–H groups in total. The second-order valence-electron chi connectivity index (χ2n) is 6.14.